The number of aromatic nitrogens is 2. The van der Waals surface area contributed by atoms with Crippen molar-refractivity contribution >= 4 is 38.9 Å². The van der Waals surface area contributed by atoms with Crippen LogP contribution in [-0.2, 0) is 37.4 Å². The molecule has 15 nitrogen and oxygen atoms in total. The van der Waals surface area contributed by atoms with Crippen LogP contribution in [0.1, 0.15) is 34.5 Å². The Hall–Kier alpha value is -4.25. The molecule has 1 aromatic heterocycles. The summed E-state index contributed by atoms with van der Waals surface area (Å²) in [5, 5.41) is 52.4. The minimum absolute atomic E-state index is 0.0404. The number of nitrogens with two attached hydrogens (primary N) is 1. The number of aromatic hydroxyl groups is 1. The maximum atomic E-state index is 14.1. The van der Waals surface area contributed by atoms with Crippen LogP contribution in [0, 0.1) is 25.7 Å². The summed E-state index contributed by atoms with van der Waals surface area (Å²) >= 11 is 0. The van der Waals surface area contributed by atoms with E-state index in [4.69, 9.17) is 5.73 Å². The summed E-state index contributed by atoms with van der Waals surface area (Å²) < 4.78 is 28.7. The van der Waals surface area contributed by atoms with Gasteiger partial charge in [0.15, 0.2) is 11.4 Å². The van der Waals surface area contributed by atoms with E-state index < -0.39 is 80.4 Å². The number of amides is 1. The van der Waals surface area contributed by atoms with E-state index in [0.717, 1.165) is 0 Å². The lowest BCUT2D eigenvalue weighted by Gasteiger charge is -2.50. The Kier molecular flexibility index (Phi) is 7.63. The Morgan fingerprint density at radius 3 is 2.36 bits per heavy atom. The van der Waals surface area contributed by atoms with Crippen molar-refractivity contribution in [1.29, 1.82) is 0 Å². The first kappa shape index (κ1) is 32.2. The Morgan fingerprint density at radius 2 is 1.82 bits per heavy atom. The van der Waals surface area contributed by atoms with Gasteiger partial charge in [-0.2, -0.15) is 5.10 Å². The van der Waals surface area contributed by atoms with Crippen LogP contribution in [0.4, 0.5) is 5.69 Å². The van der Waals surface area contributed by atoms with Gasteiger partial charge in [0.1, 0.15) is 27.7 Å². The molecule has 0 bridgehead atoms. The number of phenolic OH excluding ortho intramolecular Hbond substituents is 1. The summed E-state index contributed by atoms with van der Waals surface area (Å²) in [6.07, 6.45) is 0.0410. The number of benzene rings is 1. The molecule has 242 valence electrons. The first-order valence-corrected chi connectivity index (χ1v) is 15.6. The highest BCUT2D eigenvalue weighted by atomic mass is 32.2. The second-order valence-electron chi connectivity index (χ2n) is 12.2. The van der Waals surface area contributed by atoms with E-state index in [0.29, 0.717) is 16.9 Å². The average Bonchev–Trinajstić information content (AvgIpc) is 3.28. The highest BCUT2D eigenvalue weighted by molar-refractivity contribution is 7.89. The summed E-state index contributed by atoms with van der Waals surface area (Å²) in [6.45, 7) is 2.69. The quantitative estimate of drug-likeness (QED) is 0.195. The number of carbonyl (C=O) groups is 3. The summed E-state index contributed by atoms with van der Waals surface area (Å²) in [5.74, 6) is -7.57. The zero-order valence-corrected chi connectivity index (χ0v) is 26.4. The summed E-state index contributed by atoms with van der Waals surface area (Å²) in [4.78, 5) is 42.7. The topological polar surface area (TPSA) is 239 Å². The fourth-order valence-electron chi connectivity index (χ4n) is 7.06. The van der Waals surface area contributed by atoms with Crippen molar-refractivity contribution in [2.45, 2.75) is 49.8 Å². The van der Waals surface area contributed by atoms with E-state index in [9.17, 15) is 43.2 Å². The number of primary amides is 1. The minimum Gasteiger partial charge on any atom is -0.508 e. The van der Waals surface area contributed by atoms with Crippen LogP contribution in [0.15, 0.2) is 27.9 Å². The highest BCUT2D eigenvalue weighted by Gasteiger charge is 2.64. The number of nitrogens with zero attached hydrogens (tertiary/aromatic N) is 3. The zero-order valence-electron chi connectivity index (χ0n) is 25.6. The normalized spacial score (nSPS) is 24.9. The van der Waals surface area contributed by atoms with E-state index >= 15 is 0 Å². The Morgan fingerprint density at radius 1 is 1.18 bits per heavy atom. The number of carbonyl (C=O) groups excluding carboxylic acids is 3. The fourth-order valence-corrected chi connectivity index (χ4v) is 8.43. The molecule has 16 heteroatoms. The second-order valence-corrected chi connectivity index (χ2v) is 13.9. The van der Waals surface area contributed by atoms with Gasteiger partial charge in [-0.3, -0.25) is 24.4 Å². The fraction of sp³-hybridized carbons (Fsp3) is 0.448. The number of H-pyrrole nitrogens is 1. The number of hydrogen-bond acceptors (Lipinski definition) is 12. The third kappa shape index (κ3) is 4.62. The van der Waals surface area contributed by atoms with Crippen LogP contribution in [0.3, 0.4) is 0 Å². The molecule has 0 aliphatic heterocycles. The lowest BCUT2D eigenvalue weighted by atomic mass is 9.57. The third-order valence-corrected chi connectivity index (χ3v) is 10.7. The van der Waals surface area contributed by atoms with Crippen LogP contribution >= 0.6 is 0 Å². The first-order valence-electron chi connectivity index (χ1n) is 14.1. The van der Waals surface area contributed by atoms with Gasteiger partial charge < -0.3 is 31.1 Å². The number of fused-ring (bicyclic) bond motifs is 3. The summed E-state index contributed by atoms with van der Waals surface area (Å²) in [7, 11) is 2.42. The number of aliphatic hydroxyl groups is 3. The maximum Gasteiger partial charge on any atom is 0.255 e. The molecule has 2 aromatic rings. The molecule has 8 N–H and O–H groups in total. The van der Waals surface area contributed by atoms with Gasteiger partial charge in [0.25, 0.3) is 5.91 Å². The molecule has 1 heterocycles. The first-order chi connectivity index (χ1) is 20.9. The largest absolute Gasteiger partial charge is 0.508 e. The number of sulfonamides is 1. The van der Waals surface area contributed by atoms with Gasteiger partial charge in [-0.1, -0.05) is 0 Å². The van der Waals surface area contributed by atoms with Crippen LogP contribution in [-0.4, -0.2) is 101 Å². The molecule has 1 aromatic carbocycles. The van der Waals surface area contributed by atoms with Gasteiger partial charge in [0.05, 0.1) is 23.0 Å². The molecular formula is C29H36N6O9S. The lowest BCUT2D eigenvalue weighted by molar-refractivity contribution is -0.153. The average molecular weight is 645 g/mol. The number of nitrogens with one attached hydrogen (secondary N) is 2. The molecule has 0 spiro atoms. The Bertz CT molecular complexity index is 1820. The predicted octanol–water partition coefficient (Wildman–Crippen LogP) is -0.152. The molecule has 1 amide bonds. The van der Waals surface area contributed by atoms with E-state index in [2.05, 4.69) is 14.9 Å². The summed E-state index contributed by atoms with van der Waals surface area (Å²) in [6, 6.07) is 0.382. The number of aliphatic hydroxyl groups excluding tert-OH is 2. The number of Topliss-reactive ketones (excluding diaryl/α,β-unsaturated/α-hetero) is 2. The van der Waals surface area contributed by atoms with Crippen molar-refractivity contribution in [3.8, 4) is 5.75 Å². The molecule has 4 atom stereocenters. The van der Waals surface area contributed by atoms with Crippen molar-refractivity contribution in [3.63, 3.8) is 0 Å². The molecule has 4 unspecified atom stereocenters. The van der Waals surface area contributed by atoms with Crippen LogP contribution in [0.5, 0.6) is 5.75 Å². The van der Waals surface area contributed by atoms with E-state index in [1.807, 2.05) is 0 Å². The second kappa shape index (κ2) is 10.7. The smallest absolute Gasteiger partial charge is 0.255 e. The molecule has 1 fully saturated rings. The van der Waals surface area contributed by atoms with Crippen LogP contribution < -0.4 is 15.4 Å². The van der Waals surface area contributed by atoms with Gasteiger partial charge in [-0.25, -0.2) is 13.1 Å². The number of ketones is 2. The van der Waals surface area contributed by atoms with Crippen molar-refractivity contribution in [1.82, 2.24) is 19.8 Å². The Balaban J connectivity index is 1.66. The predicted molar refractivity (Wildman–Crippen MR) is 161 cm³/mol. The molecule has 3 aliphatic carbocycles. The number of hydrogen-bond donors (Lipinski definition) is 7. The molecule has 0 radical (unpaired) electrons. The maximum absolute atomic E-state index is 14.1. The van der Waals surface area contributed by atoms with Crippen LogP contribution in [0.2, 0.25) is 0 Å². The monoisotopic (exact) mass is 644 g/mol. The molecule has 45 heavy (non-hydrogen) atoms. The van der Waals surface area contributed by atoms with E-state index in [-0.39, 0.29) is 40.1 Å². The van der Waals surface area contributed by atoms with Crippen molar-refractivity contribution in [2.24, 2.45) is 17.6 Å². The van der Waals surface area contributed by atoms with E-state index in [1.165, 1.54) is 25.9 Å². The highest BCUT2D eigenvalue weighted by Crippen LogP contribution is 2.54. The number of likely N-dealkylation sites (N-methyl/N-ethyl adjacent to an activating group) is 1. The molecular weight excluding hydrogens is 608 g/mol. The van der Waals surface area contributed by atoms with Crippen molar-refractivity contribution in [3.05, 3.63) is 51.0 Å². The van der Waals surface area contributed by atoms with Crippen molar-refractivity contribution < 1.29 is 43.2 Å². The lowest BCUT2D eigenvalue weighted by Crippen LogP contribution is -2.65. The van der Waals surface area contributed by atoms with E-state index in [1.54, 1.807) is 32.0 Å². The zero-order chi connectivity index (χ0) is 33.5. The molecule has 0 saturated heterocycles. The number of aryl methyl sites for hydroxylation is 2. The van der Waals surface area contributed by atoms with Crippen molar-refractivity contribution in [2.75, 3.05) is 33.1 Å². The van der Waals surface area contributed by atoms with Gasteiger partial charge in [0, 0.05) is 43.4 Å². The van der Waals surface area contributed by atoms with Gasteiger partial charge >= 0.3 is 0 Å². The molecule has 3 aliphatic rings. The Labute approximate surface area is 259 Å². The van der Waals surface area contributed by atoms with Gasteiger partial charge in [0.2, 0.25) is 15.8 Å². The SMILES string of the molecule is Cc1n[nH]c(C)c1S(=O)(=O)NCc1cc(N(C)C)c2c(c1O)C(O)=C1C(=O)C3(O)C(O)=C(C(N)=O)C(=O)C(N(C)C)C3CC1C2. The number of phenols is 1. The standard InChI is InChI=1S/C29H36N6O9S/c1-11-25(12(2)33-32-11)45(43,44)31-10-14-9-17(34(3)4)15-7-13-8-16-21(35(5)6)24(38)20(28(30)41)27(40)29(16,42)26(39)18(13)23(37)19(15)22(14)36/h9,13,16,21,31,36-37,40,42H,7-8,10H2,1-6H3,(H2,30,41)(H,32,33). The number of aromatic amines is 1. The molecule has 1 saturated carbocycles. The number of anilines is 1. The summed E-state index contributed by atoms with van der Waals surface area (Å²) in [5.41, 5.74) is 2.91. The third-order valence-electron chi connectivity index (χ3n) is 9.04. The minimum atomic E-state index is -4.08. The number of rotatable bonds is 7. The van der Waals surface area contributed by atoms with Gasteiger partial charge in [-0.15, -0.1) is 0 Å². The van der Waals surface area contributed by atoms with Crippen LogP contribution in [0.25, 0.3) is 5.76 Å². The van der Waals surface area contributed by atoms with Gasteiger partial charge in [-0.05, 0) is 58.3 Å². The molecule has 5 rings (SSSR count).